The van der Waals surface area contributed by atoms with Crippen LogP contribution >= 0.6 is 11.6 Å². The first-order chi connectivity index (χ1) is 15.3. The van der Waals surface area contributed by atoms with Crippen molar-refractivity contribution in [2.45, 2.75) is 59.5 Å². The molecule has 0 radical (unpaired) electrons. The minimum Gasteiger partial charge on any atom is -0.494 e. The number of hydrogen-bond donors (Lipinski definition) is 1. The topological polar surface area (TPSA) is 58.6 Å². The molecule has 2 aromatic carbocycles. The van der Waals surface area contributed by atoms with Gasteiger partial charge >= 0.3 is 0 Å². The van der Waals surface area contributed by atoms with Crippen molar-refractivity contribution >= 4 is 23.4 Å². The normalized spacial score (nSPS) is 11.8. The maximum Gasteiger partial charge on any atom is 0.242 e. The van der Waals surface area contributed by atoms with Gasteiger partial charge in [0.15, 0.2) is 0 Å². The van der Waals surface area contributed by atoms with Gasteiger partial charge in [0.1, 0.15) is 11.8 Å². The molecule has 0 saturated heterocycles. The number of rotatable bonds is 12. The number of aryl methyl sites for hydroxylation is 1. The number of amides is 2. The number of hydrogen-bond acceptors (Lipinski definition) is 3. The minimum atomic E-state index is -0.546. The van der Waals surface area contributed by atoms with Crippen LogP contribution in [0.2, 0.25) is 5.02 Å². The van der Waals surface area contributed by atoms with E-state index in [-0.39, 0.29) is 11.8 Å². The van der Waals surface area contributed by atoms with Crippen molar-refractivity contribution in [1.29, 1.82) is 0 Å². The molecule has 0 heterocycles. The van der Waals surface area contributed by atoms with Crippen molar-refractivity contribution in [3.05, 3.63) is 64.7 Å². The molecule has 32 heavy (non-hydrogen) atoms. The summed E-state index contributed by atoms with van der Waals surface area (Å²) in [5.74, 6) is 0.917. The van der Waals surface area contributed by atoms with E-state index in [1.165, 1.54) is 5.56 Å². The number of carbonyl (C=O) groups excluding carboxylic acids is 2. The summed E-state index contributed by atoms with van der Waals surface area (Å²) in [6.07, 6.45) is 1.39. The summed E-state index contributed by atoms with van der Waals surface area (Å²) in [4.78, 5) is 27.7. The van der Waals surface area contributed by atoms with Gasteiger partial charge in [-0.1, -0.05) is 68.3 Å². The maximum atomic E-state index is 13.2. The lowest BCUT2D eigenvalue weighted by atomic mass is 10.1. The summed E-state index contributed by atoms with van der Waals surface area (Å²) in [6, 6.07) is 14.7. The van der Waals surface area contributed by atoms with E-state index in [9.17, 15) is 9.59 Å². The summed E-state index contributed by atoms with van der Waals surface area (Å²) in [7, 11) is 0. The quantitative estimate of drug-likeness (QED) is 0.434. The average molecular weight is 459 g/mol. The largest absolute Gasteiger partial charge is 0.494 e. The Balaban J connectivity index is 2.05. The van der Waals surface area contributed by atoms with Gasteiger partial charge in [-0.2, -0.15) is 0 Å². The van der Waals surface area contributed by atoms with Crippen LogP contribution < -0.4 is 10.1 Å². The monoisotopic (exact) mass is 458 g/mol. The van der Waals surface area contributed by atoms with Gasteiger partial charge in [0.25, 0.3) is 0 Å². The van der Waals surface area contributed by atoms with Crippen LogP contribution in [-0.4, -0.2) is 35.9 Å². The van der Waals surface area contributed by atoms with Gasteiger partial charge in [-0.05, 0) is 49.4 Å². The first-order valence-corrected chi connectivity index (χ1v) is 11.7. The lowest BCUT2D eigenvalue weighted by Crippen LogP contribution is -2.49. The lowest BCUT2D eigenvalue weighted by molar-refractivity contribution is -0.141. The summed E-state index contributed by atoms with van der Waals surface area (Å²) in [6.45, 7) is 9.35. The number of benzene rings is 2. The van der Waals surface area contributed by atoms with Crippen LogP contribution in [0.3, 0.4) is 0 Å². The molecule has 6 heteroatoms. The minimum absolute atomic E-state index is 0.0797. The van der Waals surface area contributed by atoms with Crippen LogP contribution in [0, 0.1) is 12.8 Å². The summed E-state index contributed by atoms with van der Waals surface area (Å²) in [5, 5.41) is 3.56. The molecule has 0 saturated carbocycles. The molecule has 0 spiro atoms. The Bertz CT molecular complexity index is 868. The summed E-state index contributed by atoms with van der Waals surface area (Å²) in [5.41, 5.74) is 2.00. The Hall–Kier alpha value is -2.53. The molecule has 0 unspecified atom stereocenters. The molecule has 0 aromatic heterocycles. The number of nitrogens with one attached hydrogen (secondary N) is 1. The fourth-order valence-corrected chi connectivity index (χ4v) is 3.54. The van der Waals surface area contributed by atoms with Crippen LogP contribution in [0.4, 0.5) is 0 Å². The lowest BCUT2D eigenvalue weighted by Gasteiger charge is -2.31. The zero-order valence-electron chi connectivity index (χ0n) is 19.6. The Morgan fingerprint density at radius 2 is 1.78 bits per heavy atom. The molecule has 0 aliphatic rings. The molecule has 5 nitrogen and oxygen atoms in total. The van der Waals surface area contributed by atoms with E-state index in [2.05, 4.69) is 5.32 Å². The van der Waals surface area contributed by atoms with Crippen LogP contribution in [0.15, 0.2) is 48.5 Å². The van der Waals surface area contributed by atoms with Crippen molar-refractivity contribution in [3.63, 3.8) is 0 Å². The van der Waals surface area contributed by atoms with Crippen LogP contribution in [0.1, 0.15) is 51.2 Å². The van der Waals surface area contributed by atoms with Crippen LogP contribution in [0.25, 0.3) is 0 Å². The first kappa shape index (κ1) is 25.7. The number of ether oxygens (including phenoxy) is 1. The SMILES string of the molecule is CC[C@H](C(=O)NCC(C)C)N(Cc1ccccc1Cl)C(=O)CCCOc1ccc(C)cc1. The predicted molar refractivity (Wildman–Crippen MR) is 130 cm³/mol. The van der Waals surface area contributed by atoms with E-state index >= 15 is 0 Å². The van der Waals surface area contributed by atoms with E-state index < -0.39 is 6.04 Å². The van der Waals surface area contributed by atoms with Gasteiger partial charge in [0.05, 0.1) is 6.61 Å². The molecular formula is C26H35ClN2O3. The third-order valence-corrected chi connectivity index (χ3v) is 5.56. The fraction of sp³-hybridized carbons (Fsp3) is 0.462. The van der Waals surface area contributed by atoms with Gasteiger partial charge in [0.2, 0.25) is 11.8 Å². The van der Waals surface area contributed by atoms with E-state index in [4.69, 9.17) is 16.3 Å². The van der Waals surface area contributed by atoms with Gasteiger partial charge in [-0.25, -0.2) is 0 Å². The van der Waals surface area contributed by atoms with Crippen LogP contribution in [0.5, 0.6) is 5.75 Å². The standard InChI is InChI=1S/C26H35ClN2O3/c1-5-24(26(31)28-17-19(2)3)29(18-21-9-6-7-10-23(21)27)25(30)11-8-16-32-22-14-12-20(4)13-15-22/h6-7,9-10,12-15,19,24H,5,8,11,16-18H2,1-4H3,(H,28,31)/t24-/m1/s1. The zero-order valence-corrected chi connectivity index (χ0v) is 20.3. The molecule has 174 valence electrons. The molecule has 1 N–H and O–H groups in total. The highest BCUT2D eigenvalue weighted by Crippen LogP contribution is 2.21. The molecule has 0 aliphatic heterocycles. The average Bonchev–Trinajstić information content (AvgIpc) is 2.77. The maximum absolute atomic E-state index is 13.2. The van der Waals surface area contributed by atoms with Crippen molar-refractivity contribution in [1.82, 2.24) is 10.2 Å². The molecule has 2 aromatic rings. The third kappa shape index (κ3) is 8.19. The zero-order chi connectivity index (χ0) is 23.5. The van der Waals surface area contributed by atoms with Crippen LogP contribution in [-0.2, 0) is 16.1 Å². The van der Waals surface area contributed by atoms with Crippen molar-refractivity contribution < 1.29 is 14.3 Å². The van der Waals surface area contributed by atoms with E-state index in [0.717, 1.165) is 11.3 Å². The smallest absolute Gasteiger partial charge is 0.242 e. The second kappa shape index (κ2) is 13.1. The predicted octanol–water partition coefficient (Wildman–Crippen LogP) is 5.39. The Morgan fingerprint density at radius 3 is 2.41 bits per heavy atom. The molecular weight excluding hydrogens is 424 g/mol. The molecule has 0 aliphatic carbocycles. The van der Waals surface area contributed by atoms with E-state index in [0.29, 0.717) is 49.9 Å². The molecule has 0 fully saturated rings. The Kier molecular flexibility index (Phi) is 10.5. The highest BCUT2D eigenvalue weighted by molar-refractivity contribution is 6.31. The second-order valence-corrected chi connectivity index (χ2v) is 8.85. The van der Waals surface area contributed by atoms with Gasteiger partial charge < -0.3 is 15.0 Å². The Labute approximate surface area is 197 Å². The second-order valence-electron chi connectivity index (χ2n) is 8.44. The van der Waals surface area contributed by atoms with Gasteiger partial charge in [0, 0.05) is 24.5 Å². The van der Waals surface area contributed by atoms with Crippen molar-refractivity contribution in [2.75, 3.05) is 13.2 Å². The summed E-state index contributed by atoms with van der Waals surface area (Å²) >= 11 is 6.35. The van der Waals surface area contributed by atoms with Crippen molar-refractivity contribution in [3.8, 4) is 5.75 Å². The van der Waals surface area contributed by atoms with Gasteiger partial charge in [-0.3, -0.25) is 9.59 Å². The molecule has 1 atom stereocenters. The molecule has 2 amide bonds. The molecule has 2 rings (SSSR count). The van der Waals surface area contributed by atoms with E-state index in [1.54, 1.807) is 11.0 Å². The Morgan fingerprint density at radius 1 is 1.09 bits per heavy atom. The van der Waals surface area contributed by atoms with Gasteiger partial charge in [-0.15, -0.1) is 0 Å². The number of halogens is 1. The van der Waals surface area contributed by atoms with E-state index in [1.807, 2.05) is 70.2 Å². The third-order valence-electron chi connectivity index (χ3n) is 5.19. The summed E-state index contributed by atoms with van der Waals surface area (Å²) < 4.78 is 5.76. The number of nitrogens with zero attached hydrogens (tertiary/aromatic N) is 1. The highest BCUT2D eigenvalue weighted by Gasteiger charge is 2.28. The number of carbonyl (C=O) groups is 2. The molecule has 0 bridgehead atoms. The fourth-order valence-electron chi connectivity index (χ4n) is 3.34. The van der Waals surface area contributed by atoms with Crippen molar-refractivity contribution in [2.24, 2.45) is 5.92 Å². The first-order valence-electron chi connectivity index (χ1n) is 11.3. The highest BCUT2D eigenvalue weighted by atomic mass is 35.5.